The van der Waals surface area contributed by atoms with Gasteiger partial charge >= 0.3 is 6.09 Å². The van der Waals surface area contributed by atoms with E-state index in [4.69, 9.17) is 23.2 Å². The van der Waals surface area contributed by atoms with Gasteiger partial charge in [-0.05, 0) is 46.9 Å². The van der Waals surface area contributed by atoms with Crippen molar-refractivity contribution in [2.75, 3.05) is 3.71 Å². The summed E-state index contributed by atoms with van der Waals surface area (Å²) in [4.78, 5) is 23.8. The number of nitrogens with zero attached hydrogens (tertiary/aromatic N) is 3. The standard InChI is InChI=1S/C29H26Cl2N4O7S4/c1-29(2,3)26(32-28(37)38)18-7-4-6-17(14-18)15-34-20-9-5-8-19(16-36)25(20)27(33-34)35(45(39,40)23-12-10-21(30)43-23)46(41,42)24-13-11-22(31)44-24/h4-14,16,26,32H,15H2,1-3H3,(H,37,38). The molecular formula is C29H26Cl2N4O7S4. The molecule has 46 heavy (non-hydrogen) atoms. The number of fused-ring (bicyclic) bond motifs is 1. The van der Waals surface area contributed by atoms with Crippen molar-refractivity contribution in [1.82, 2.24) is 15.1 Å². The Morgan fingerprint density at radius 1 is 0.978 bits per heavy atom. The van der Waals surface area contributed by atoms with E-state index in [1.54, 1.807) is 36.4 Å². The molecule has 5 rings (SSSR count). The maximum absolute atomic E-state index is 14.2. The van der Waals surface area contributed by atoms with Crippen LogP contribution in [0.15, 0.2) is 75.1 Å². The lowest BCUT2D eigenvalue weighted by molar-refractivity contribution is 0.112. The van der Waals surface area contributed by atoms with E-state index in [-0.39, 0.29) is 43.8 Å². The topological polar surface area (TPSA) is 156 Å². The molecule has 17 heteroatoms. The van der Waals surface area contributed by atoms with Crippen LogP contribution in [0, 0.1) is 5.41 Å². The SMILES string of the molecule is CC(C)(C)C(NC(=O)O)c1cccc(Cn2nc(N(S(=O)(=O)c3ccc(Cl)s3)S(=O)(=O)c3ccc(Cl)s3)c3c(C=O)cccc32)c1. The van der Waals surface area contributed by atoms with Crippen molar-refractivity contribution in [2.45, 2.75) is 41.8 Å². The lowest BCUT2D eigenvalue weighted by Crippen LogP contribution is -2.37. The van der Waals surface area contributed by atoms with E-state index >= 15 is 0 Å². The van der Waals surface area contributed by atoms with Gasteiger partial charge in [-0.1, -0.05) is 80.4 Å². The second kappa shape index (κ2) is 12.6. The van der Waals surface area contributed by atoms with Gasteiger partial charge < -0.3 is 10.4 Å². The molecule has 0 aliphatic carbocycles. The van der Waals surface area contributed by atoms with Crippen LogP contribution in [-0.4, -0.2) is 44.1 Å². The molecule has 0 aliphatic heterocycles. The van der Waals surface area contributed by atoms with Crippen molar-refractivity contribution in [3.05, 3.63) is 92.1 Å². The van der Waals surface area contributed by atoms with E-state index in [0.29, 0.717) is 40.1 Å². The number of aromatic nitrogens is 2. The van der Waals surface area contributed by atoms with E-state index < -0.39 is 43.4 Å². The smallest absolute Gasteiger partial charge is 0.405 e. The maximum Gasteiger partial charge on any atom is 0.405 e. The van der Waals surface area contributed by atoms with Gasteiger partial charge in [-0.3, -0.25) is 9.48 Å². The van der Waals surface area contributed by atoms with Gasteiger partial charge in [0.25, 0.3) is 20.0 Å². The number of hydrogen-bond acceptors (Lipinski definition) is 9. The summed E-state index contributed by atoms with van der Waals surface area (Å²) in [6.07, 6.45) is -0.693. The zero-order valence-corrected chi connectivity index (χ0v) is 29.1. The molecule has 1 amide bonds. The normalized spacial score (nSPS) is 13.1. The van der Waals surface area contributed by atoms with E-state index in [1.165, 1.54) is 35.0 Å². The molecule has 0 saturated heterocycles. The van der Waals surface area contributed by atoms with Gasteiger partial charge in [0.15, 0.2) is 12.1 Å². The highest BCUT2D eigenvalue weighted by Crippen LogP contribution is 2.41. The van der Waals surface area contributed by atoms with Crippen LogP contribution in [0.5, 0.6) is 0 Å². The largest absolute Gasteiger partial charge is 0.465 e. The van der Waals surface area contributed by atoms with Crippen molar-refractivity contribution in [2.24, 2.45) is 5.41 Å². The third kappa shape index (κ3) is 6.52. The highest BCUT2D eigenvalue weighted by Gasteiger charge is 2.42. The first-order chi connectivity index (χ1) is 21.5. The fourth-order valence-electron chi connectivity index (χ4n) is 4.94. The Bertz CT molecular complexity index is 2120. The number of thiophene rings is 2. The van der Waals surface area contributed by atoms with Crippen molar-refractivity contribution >= 4 is 95.0 Å². The number of aldehydes is 1. The number of rotatable bonds is 10. The Kier molecular flexibility index (Phi) is 9.29. The number of carbonyl (C=O) groups is 2. The second-order valence-corrected chi connectivity index (χ2v) is 18.8. The van der Waals surface area contributed by atoms with E-state index in [9.17, 15) is 31.5 Å². The minimum absolute atomic E-state index is 0.00813. The molecule has 5 aromatic rings. The van der Waals surface area contributed by atoms with Gasteiger partial charge in [0.2, 0.25) is 0 Å². The quantitative estimate of drug-likeness (QED) is 0.142. The summed E-state index contributed by atoms with van der Waals surface area (Å²) >= 11 is 13.4. The van der Waals surface area contributed by atoms with Gasteiger partial charge in [0.05, 0.1) is 32.2 Å². The van der Waals surface area contributed by atoms with Crippen LogP contribution in [0.3, 0.4) is 0 Å². The average Bonchev–Trinajstić information content (AvgIpc) is 3.70. The summed E-state index contributed by atoms with van der Waals surface area (Å²) < 4.78 is 57.8. The highest BCUT2D eigenvalue weighted by atomic mass is 35.5. The van der Waals surface area contributed by atoms with Crippen LogP contribution in [0.1, 0.15) is 48.3 Å². The van der Waals surface area contributed by atoms with Crippen molar-refractivity contribution in [1.29, 1.82) is 0 Å². The molecule has 0 fully saturated rings. The third-order valence-electron chi connectivity index (χ3n) is 6.88. The molecule has 0 radical (unpaired) electrons. The minimum Gasteiger partial charge on any atom is -0.465 e. The van der Waals surface area contributed by atoms with Gasteiger partial charge in [0.1, 0.15) is 8.42 Å². The molecule has 1 atom stereocenters. The molecule has 11 nitrogen and oxygen atoms in total. The monoisotopic (exact) mass is 740 g/mol. The van der Waals surface area contributed by atoms with Crippen molar-refractivity contribution in [3.63, 3.8) is 0 Å². The van der Waals surface area contributed by atoms with Gasteiger partial charge in [-0.2, -0.15) is 21.9 Å². The number of sulfonamides is 2. The number of amides is 1. The van der Waals surface area contributed by atoms with E-state index in [2.05, 4.69) is 10.4 Å². The van der Waals surface area contributed by atoms with Crippen molar-refractivity contribution in [3.8, 4) is 0 Å². The zero-order chi connectivity index (χ0) is 33.6. The summed E-state index contributed by atoms with van der Waals surface area (Å²) in [6, 6.07) is 16.1. The predicted octanol–water partition coefficient (Wildman–Crippen LogP) is 7.27. The molecule has 0 saturated carbocycles. The number of anilines is 1. The van der Waals surface area contributed by atoms with Crippen LogP contribution in [0.2, 0.25) is 8.67 Å². The number of carbonyl (C=O) groups excluding carboxylic acids is 1. The Labute approximate surface area is 283 Å². The molecule has 2 aromatic carbocycles. The number of benzene rings is 2. The molecule has 1 unspecified atom stereocenters. The van der Waals surface area contributed by atoms with Crippen LogP contribution in [0.4, 0.5) is 10.6 Å². The van der Waals surface area contributed by atoms with Gasteiger partial charge in [0, 0.05) is 5.56 Å². The maximum atomic E-state index is 14.2. The molecule has 2 N–H and O–H groups in total. The minimum atomic E-state index is -4.86. The second-order valence-electron chi connectivity index (χ2n) is 11.2. The molecule has 3 heterocycles. The van der Waals surface area contributed by atoms with Crippen LogP contribution in [-0.2, 0) is 26.6 Å². The Morgan fingerprint density at radius 3 is 2.07 bits per heavy atom. The number of hydrogen-bond donors (Lipinski definition) is 2. The first-order valence-corrected chi connectivity index (χ1v) is 18.6. The molecule has 3 aromatic heterocycles. The zero-order valence-electron chi connectivity index (χ0n) is 24.3. The Morgan fingerprint density at radius 2 is 1.57 bits per heavy atom. The average molecular weight is 742 g/mol. The fraction of sp³-hybridized carbons (Fsp3) is 0.207. The first kappa shape index (κ1) is 33.9. The number of nitrogens with one attached hydrogen (secondary N) is 1. The summed E-state index contributed by atoms with van der Waals surface area (Å²) in [5.74, 6) is -0.511. The summed E-state index contributed by atoms with van der Waals surface area (Å²) in [7, 11) is -9.73. The predicted molar refractivity (Wildman–Crippen MR) is 180 cm³/mol. The Balaban J connectivity index is 1.73. The lowest BCUT2D eigenvalue weighted by atomic mass is 9.82. The summed E-state index contributed by atoms with van der Waals surface area (Å²) in [5.41, 5.74) is 1.13. The van der Waals surface area contributed by atoms with E-state index in [0.717, 1.165) is 0 Å². The first-order valence-electron chi connectivity index (χ1n) is 13.4. The van der Waals surface area contributed by atoms with Crippen LogP contribution >= 0.6 is 45.9 Å². The number of carboxylic acid groups (broad SMARTS) is 1. The summed E-state index contributed by atoms with van der Waals surface area (Å²) in [5, 5.41) is 16.5. The van der Waals surface area contributed by atoms with Gasteiger partial charge in [-0.25, -0.2) is 4.79 Å². The van der Waals surface area contributed by atoms with Crippen LogP contribution < -0.4 is 9.03 Å². The van der Waals surface area contributed by atoms with Gasteiger partial charge in [-0.15, -0.1) is 26.4 Å². The molecule has 242 valence electrons. The summed E-state index contributed by atoms with van der Waals surface area (Å²) in [6.45, 7) is 5.70. The van der Waals surface area contributed by atoms with Crippen LogP contribution in [0.25, 0.3) is 10.9 Å². The molecule has 0 aliphatic rings. The van der Waals surface area contributed by atoms with Crippen molar-refractivity contribution < 1.29 is 31.5 Å². The Hall–Kier alpha value is -3.47. The lowest BCUT2D eigenvalue weighted by Gasteiger charge is -2.31. The van der Waals surface area contributed by atoms with E-state index in [1.807, 2.05) is 20.8 Å². The fourth-order valence-corrected chi connectivity index (χ4v) is 11.9. The molecule has 0 bridgehead atoms. The highest BCUT2D eigenvalue weighted by molar-refractivity contribution is 8.11. The number of halogens is 2. The third-order valence-corrected chi connectivity index (χ3v) is 14.4. The molecule has 0 spiro atoms. The molecular weight excluding hydrogens is 716 g/mol.